The summed E-state index contributed by atoms with van der Waals surface area (Å²) in [5.74, 6) is 1.99. The van der Waals surface area contributed by atoms with Crippen molar-refractivity contribution < 1.29 is 9.53 Å². The summed E-state index contributed by atoms with van der Waals surface area (Å²) < 4.78 is 5.25. The number of hydrogen-bond donors (Lipinski definition) is 0. The number of nitrogens with zero attached hydrogens (tertiary/aromatic N) is 1. The van der Waals surface area contributed by atoms with E-state index in [1.165, 1.54) is 12.0 Å². The number of fused-ring (bicyclic) bond motifs is 3. The van der Waals surface area contributed by atoms with Crippen molar-refractivity contribution in [1.82, 2.24) is 4.90 Å². The number of rotatable bonds is 4. The second-order valence-corrected chi connectivity index (χ2v) is 5.73. The van der Waals surface area contributed by atoms with Crippen LogP contribution in [-0.4, -0.2) is 36.9 Å². The molecule has 2 saturated heterocycles. The van der Waals surface area contributed by atoms with Gasteiger partial charge in [0, 0.05) is 19.5 Å². The lowest BCUT2D eigenvalue weighted by Crippen LogP contribution is -2.53. The molecule has 2 aliphatic heterocycles. The molecule has 1 aliphatic carbocycles. The predicted octanol–water partition coefficient (Wildman–Crippen LogP) is 2.29. The van der Waals surface area contributed by atoms with Crippen LogP contribution in [0.1, 0.15) is 24.8 Å². The Hall–Kier alpha value is -1.35. The van der Waals surface area contributed by atoms with E-state index in [1.807, 2.05) is 12.1 Å². The van der Waals surface area contributed by atoms with E-state index in [0.29, 0.717) is 11.7 Å². The van der Waals surface area contributed by atoms with Gasteiger partial charge in [-0.15, -0.1) is 0 Å². The van der Waals surface area contributed by atoms with Gasteiger partial charge in [-0.25, -0.2) is 0 Å². The van der Waals surface area contributed by atoms with Crippen molar-refractivity contribution in [2.75, 3.05) is 20.2 Å². The van der Waals surface area contributed by atoms with Crippen LogP contribution in [0.5, 0.6) is 5.75 Å². The van der Waals surface area contributed by atoms with Crippen molar-refractivity contribution >= 4 is 5.78 Å². The van der Waals surface area contributed by atoms with E-state index in [2.05, 4.69) is 17.0 Å². The molecule has 0 spiro atoms. The van der Waals surface area contributed by atoms with Gasteiger partial charge < -0.3 is 4.74 Å². The molecule has 4 rings (SSSR count). The predicted molar refractivity (Wildman–Crippen MR) is 74.4 cm³/mol. The SMILES string of the molecule is COc1cccc(CCN2CC3CCC2C(=O)C3)c1. The van der Waals surface area contributed by atoms with Crippen molar-refractivity contribution in [2.24, 2.45) is 5.92 Å². The fourth-order valence-corrected chi connectivity index (χ4v) is 3.43. The van der Waals surface area contributed by atoms with Gasteiger partial charge in [0.15, 0.2) is 0 Å². The van der Waals surface area contributed by atoms with Gasteiger partial charge in [0.05, 0.1) is 13.2 Å². The van der Waals surface area contributed by atoms with Crippen LogP contribution < -0.4 is 4.74 Å². The smallest absolute Gasteiger partial charge is 0.150 e. The minimum atomic E-state index is 0.204. The summed E-state index contributed by atoms with van der Waals surface area (Å²) in [4.78, 5) is 14.3. The third-order valence-corrected chi connectivity index (χ3v) is 4.47. The standard InChI is InChI=1S/C16H21NO2/c1-19-14-4-2-3-12(9-14)7-8-17-11-13-5-6-15(17)16(18)10-13/h2-4,9,13,15H,5-8,10-11H2,1H3. The Bertz CT molecular complexity index is 472. The Labute approximate surface area is 114 Å². The number of carbonyl (C=O) groups is 1. The molecule has 0 amide bonds. The van der Waals surface area contributed by atoms with Crippen LogP contribution in [0.4, 0.5) is 0 Å². The highest BCUT2D eigenvalue weighted by Crippen LogP contribution is 2.32. The van der Waals surface area contributed by atoms with Gasteiger partial charge in [-0.3, -0.25) is 9.69 Å². The van der Waals surface area contributed by atoms with Gasteiger partial charge in [-0.05, 0) is 42.9 Å². The molecular formula is C16H21NO2. The minimum absolute atomic E-state index is 0.204. The summed E-state index contributed by atoms with van der Waals surface area (Å²) >= 11 is 0. The van der Waals surface area contributed by atoms with Gasteiger partial charge in [0.1, 0.15) is 11.5 Å². The Morgan fingerprint density at radius 3 is 3.00 bits per heavy atom. The average molecular weight is 259 g/mol. The van der Waals surface area contributed by atoms with Crippen molar-refractivity contribution in [3.8, 4) is 5.75 Å². The molecule has 2 unspecified atom stereocenters. The first-order valence-electron chi connectivity index (χ1n) is 7.16. The Balaban J connectivity index is 1.61. The molecule has 19 heavy (non-hydrogen) atoms. The van der Waals surface area contributed by atoms with Crippen LogP contribution in [0.25, 0.3) is 0 Å². The lowest BCUT2D eigenvalue weighted by Gasteiger charge is -2.44. The van der Waals surface area contributed by atoms with Crippen LogP contribution in [-0.2, 0) is 11.2 Å². The molecule has 102 valence electrons. The Morgan fingerprint density at radius 2 is 2.26 bits per heavy atom. The number of ketones is 1. The van der Waals surface area contributed by atoms with Crippen LogP contribution in [0, 0.1) is 5.92 Å². The fourth-order valence-electron chi connectivity index (χ4n) is 3.43. The average Bonchev–Trinajstić information content (AvgIpc) is 2.45. The normalized spacial score (nSPS) is 26.7. The Kier molecular flexibility index (Phi) is 3.56. The van der Waals surface area contributed by atoms with E-state index < -0.39 is 0 Å². The number of piperidine rings is 2. The van der Waals surface area contributed by atoms with E-state index in [9.17, 15) is 4.79 Å². The lowest BCUT2D eigenvalue weighted by atomic mass is 9.79. The first-order chi connectivity index (χ1) is 9.26. The zero-order valence-electron chi connectivity index (χ0n) is 11.5. The van der Waals surface area contributed by atoms with Gasteiger partial charge in [0.25, 0.3) is 0 Å². The Morgan fingerprint density at radius 1 is 1.37 bits per heavy atom. The summed E-state index contributed by atoms with van der Waals surface area (Å²) in [5, 5.41) is 0. The molecule has 1 aromatic carbocycles. The highest BCUT2D eigenvalue weighted by Gasteiger charge is 2.39. The molecule has 2 bridgehead atoms. The number of methoxy groups -OCH3 is 1. The lowest BCUT2D eigenvalue weighted by molar-refractivity contribution is -0.133. The highest BCUT2D eigenvalue weighted by molar-refractivity contribution is 5.85. The van der Waals surface area contributed by atoms with E-state index >= 15 is 0 Å². The first kappa shape index (κ1) is 12.7. The number of ether oxygens (including phenoxy) is 1. The van der Waals surface area contributed by atoms with Crippen molar-refractivity contribution in [3.63, 3.8) is 0 Å². The number of carbonyl (C=O) groups excluding carboxylic acids is 1. The largest absolute Gasteiger partial charge is 0.497 e. The highest BCUT2D eigenvalue weighted by atomic mass is 16.5. The van der Waals surface area contributed by atoms with E-state index in [4.69, 9.17) is 4.74 Å². The second-order valence-electron chi connectivity index (χ2n) is 5.73. The van der Waals surface area contributed by atoms with Gasteiger partial charge in [0.2, 0.25) is 0 Å². The summed E-state index contributed by atoms with van der Waals surface area (Å²) in [6.45, 7) is 2.10. The van der Waals surface area contributed by atoms with Crippen LogP contribution >= 0.6 is 0 Å². The molecule has 3 aliphatic rings. The quantitative estimate of drug-likeness (QED) is 0.831. The molecule has 1 saturated carbocycles. The maximum absolute atomic E-state index is 11.9. The van der Waals surface area contributed by atoms with Gasteiger partial charge >= 0.3 is 0 Å². The van der Waals surface area contributed by atoms with Gasteiger partial charge in [-0.2, -0.15) is 0 Å². The maximum atomic E-state index is 11.9. The summed E-state index contributed by atoms with van der Waals surface area (Å²) in [7, 11) is 1.70. The van der Waals surface area contributed by atoms with Crippen LogP contribution in [0.3, 0.4) is 0 Å². The minimum Gasteiger partial charge on any atom is -0.497 e. The molecular weight excluding hydrogens is 238 g/mol. The van der Waals surface area contributed by atoms with Crippen molar-refractivity contribution in [3.05, 3.63) is 29.8 Å². The third kappa shape index (κ3) is 2.66. The summed E-state index contributed by atoms with van der Waals surface area (Å²) in [6.07, 6.45) is 4.13. The number of Topliss-reactive ketones (excluding diaryl/α,β-unsaturated/α-hetero) is 1. The first-order valence-corrected chi connectivity index (χ1v) is 7.16. The van der Waals surface area contributed by atoms with Crippen molar-refractivity contribution in [1.29, 1.82) is 0 Å². The molecule has 3 nitrogen and oxygen atoms in total. The molecule has 0 N–H and O–H groups in total. The maximum Gasteiger partial charge on any atom is 0.150 e. The summed E-state index contributed by atoms with van der Waals surface area (Å²) in [5.41, 5.74) is 1.29. The van der Waals surface area contributed by atoms with Gasteiger partial charge in [-0.1, -0.05) is 12.1 Å². The third-order valence-electron chi connectivity index (χ3n) is 4.47. The van der Waals surface area contributed by atoms with Crippen molar-refractivity contribution in [2.45, 2.75) is 31.7 Å². The molecule has 0 aromatic heterocycles. The molecule has 3 heteroatoms. The molecule has 3 fully saturated rings. The number of benzene rings is 1. The van der Waals surface area contributed by atoms with E-state index in [0.717, 1.165) is 38.1 Å². The second kappa shape index (κ2) is 5.33. The molecule has 1 aromatic rings. The molecule has 2 heterocycles. The number of hydrogen-bond acceptors (Lipinski definition) is 3. The van der Waals surface area contributed by atoms with Crippen LogP contribution in [0.2, 0.25) is 0 Å². The van der Waals surface area contributed by atoms with E-state index in [1.54, 1.807) is 7.11 Å². The van der Waals surface area contributed by atoms with E-state index in [-0.39, 0.29) is 6.04 Å². The zero-order valence-corrected chi connectivity index (χ0v) is 11.5. The monoisotopic (exact) mass is 259 g/mol. The summed E-state index contributed by atoms with van der Waals surface area (Å²) in [6, 6.07) is 8.42. The van der Waals surface area contributed by atoms with Crippen LogP contribution in [0.15, 0.2) is 24.3 Å². The molecule has 0 radical (unpaired) electrons. The topological polar surface area (TPSA) is 29.5 Å². The molecule has 2 atom stereocenters. The zero-order chi connectivity index (χ0) is 13.2. The fraction of sp³-hybridized carbons (Fsp3) is 0.562.